The fourth-order valence-electron chi connectivity index (χ4n) is 2.12. The van der Waals surface area contributed by atoms with Crippen LogP contribution in [-0.2, 0) is 25.4 Å². The Bertz CT molecular complexity index is 470. The van der Waals surface area contributed by atoms with E-state index in [2.05, 4.69) is 5.32 Å². The van der Waals surface area contributed by atoms with E-state index < -0.39 is 18.1 Å². The second-order valence-corrected chi connectivity index (χ2v) is 4.80. The standard InChI is InChI=1S/C15H19NO5/c1-19-14(17)13(9-11-5-3-2-4-6-11)16-15(18)21-12-7-8-20-10-12/h2-6,12-13H,7-10H2,1H3,(H,16,18)/t12-,13-/m0/s1. The molecule has 0 aliphatic carbocycles. The number of rotatable bonds is 5. The smallest absolute Gasteiger partial charge is 0.408 e. The van der Waals surface area contributed by atoms with Gasteiger partial charge >= 0.3 is 12.1 Å². The number of carbonyl (C=O) groups excluding carboxylic acids is 2. The summed E-state index contributed by atoms with van der Waals surface area (Å²) in [6.07, 6.45) is 0.149. The highest BCUT2D eigenvalue weighted by atomic mass is 16.6. The number of nitrogens with one attached hydrogen (secondary N) is 1. The molecule has 6 heteroatoms. The van der Waals surface area contributed by atoms with E-state index in [1.165, 1.54) is 7.11 Å². The lowest BCUT2D eigenvalue weighted by molar-refractivity contribution is -0.143. The number of ether oxygens (including phenoxy) is 3. The molecule has 2 atom stereocenters. The average Bonchev–Trinajstić information content (AvgIpc) is 2.99. The van der Waals surface area contributed by atoms with Gasteiger partial charge in [0.05, 0.1) is 20.3 Å². The largest absolute Gasteiger partial charge is 0.467 e. The van der Waals surface area contributed by atoms with Crippen molar-refractivity contribution < 1.29 is 23.8 Å². The summed E-state index contributed by atoms with van der Waals surface area (Å²) in [6.45, 7) is 0.984. The van der Waals surface area contributed by atoms with Crippen LogP contribution in [0, 0.1) is 0 Å². The molecule has 0 aromatic heterocycles. The van der Waals surface area contributed by atoms with Crippen molar-refractivity contribution in [2.24, 2.45) is 0 Å². The van der Waals surface area contributed by atoms with Crippen LogP contribution < -0.4 is 5.32 Å². The van der Waals surface area contributed by atoms with E-state index in [9.17, 15) is 9.59 Å². The van der Waals surface area contributed by atoms with Crippen LogP contribution in [0.5, 0.6) is 0 Å². The van der Waals surface area contributed by atoms with Crippen molar-refractivity contribution in [3.8, 4) is 0 Å². The van der Waals surface area contributed by atoms with Crippen molar-refractivity contribution in [2.75, 3.05) is 20.3 Å². The molecule has 1 aromatic rings. The first-order valence-electron chi connectivity index (χ1n) is 6.85. The van der Waals surface area contributed by atoms with E-state index in [1.807, 2.05) is 30.3 Å². The molecule has 1 amide bonds. The number of benzene rings is 1. The van der Waals surface area contributed by atoms with E-state index in [4.69, 9.17) is 14.2 Å². The summed E-state index contributed by atoms with van der Waals surface area (Å²) in [4.78, 5) is 23.6. The third kappa shape index (κ3) is 4.75. The molecule has 0 radical (unpaired) electrons. The minimum Gasteiger partial charge on any atom is -0.467 e. The van der Waals surface area contributed by atoms with E-state index in [-0.39, 0.29) is 6.10 Å². The van der Waals surface area contributed by atoms with Gasteiger partial charge in [0.1, 0.15) is 12.1 Å². The van der Waals surface area contributed by atoms with Crippen LogP contribution in [0.3, 0.4) is 0 Å². The van der Waals surface area contributed by atoms with Crippen LogP contribution in [0.1, 0.15) is 12.0 Å². The zero-order valence-electron chi connectivity index (χ0n) is 11.9. The minimum atomic E-state index is -0.771. The Hall–Kier alpha value is -2.08. The summed E-state index contributed by atoms with van der Waals surface area (Å²) < 4.78 is 15.0. The predicted molar refractivity (Wildman–Crippen MR) is 74.8 cm³/mol. The zero-order chi connectivity index (χ0) is 15.1. The maximum Gasteiger partial charge on any atom is 0.408 e. The molecule has 1 heterocycles. The van der Waals surface area contributed by atoms with E-state index in [0.29, 0.717) is 26.1 Å². The van der Waals surface area contributed by atoms with Crippen molar-refractivity contribution in [3.05, 3.63) is 35.9 Å². The number of alkyl carbamates (subject to hydrolysis) is 1. The number of carbonyl (C=O) groups is 2. The summed E-state index contributed by atoms with van der Waals surface area (Å²) in [7, 11) is 1.29. The normalized spacial score (nSPS) is 18.8. The highest BCUT2D eigenvalue weighted by Crippen LogP contribution is 2.09. The molecule has 0 bridgehead atoms. The second kappa shape index (κ2) is 7.64. The van der Waals surface area contributed by atoms with Gasteiger partial charge in [0.2, 0.25) is 0 Å². The average molecular weight is 293 g/mol. The van der Waals surface area contributed by atoms with Crippen LogP contribution in [0.2, 0.25) is 0 Å². The van der Waals surface area contributed by atoms with Crippen LogP contribution in [-0.4, -0.2) is 44.5 Å². The first-order chi connectivity index (χ1) is 10.2. The monoisotopic (exact) mass is 293 g/mol. The molecular weight excluding hydrogens is 274 g/mol. The molecule has 0 saturated carbocycles. The van der Waals surface area contributed by atoms with Crippen LogP contribution in [0.15, 0.2) is 30.3 Å². The fraction of sp³-hybridized carbons (Fsp3) is 0.467. The molecule has 2 rings (SSSR count). The highest BCUT2D eigenvalue weighted by molar-refractivity contribution is 5.81. The Morgan fingerprint density at radius 2 is 2.14 bits per heavy atom. The van der Waals surface area contributed by atoms with Crippen LogP contribution in [0.4, 0.5) is 4.79 Å². The Morgan fingerprint density at radius 3 is 2.76 bits per heavy atom. The molecule has 1 aliphatic rings. The molecule has 6 nitrogen and oxygen atoms in total. The Balaban J connectivity index is 1.92. The third-order valence-electron chi connectivity index (χ3n) is 3.22. The summed E-state index contributed by atoms with van der Waals surface area (Å²) in [5.74, 6) is -0.501. The number of amides is 1. The number of methoxy groups -OCH3 is 1. The fourth-order valence-corrected chi connectivity index (χ4v) is 2.12. The molecule has 1 aromatic carbocycles. The molecule has 1 saturated heterocycles. The van der Waals surface area contributed by atoms with Crippen molar-refractivity contribution >= 4 is 12.1 Å². The summed E-state index contributed by atoms with van der Waals surface area (Å²) >= 11 is 0. The summed E-state index contributed by atoms with van der Waals surface area (Å²) in [6, 6.07) is 8.63. The maximum atomic E-state index is 11.8. The first-order valence-corrected chi connectivity index (χ1v) is 6.85. The molecule has 21 heavy (non-hydrogen) atoms. The lowest BCUT2D eigenvalue weighted by Crippen LogP contribution is -2.44. The molecule has 0 unspecified atom stereocenters. The topological polar surface area (TPSA) is 73.9 Å². The number of hydrogen-bond acceptors (Lipinski definition) is 5. The first kappa shape index (κ1) is 15.3. The quantitative estimate of drug-likeness (QED) is 0.828. The molecule has 114 valence electrons. The van der Waals surface area contributed by atoms with E-state index in [0.717, 1.165) is 5.56 Å². The third-order valence-corrected chi connectivity index (χ3v) is 3.22. The second-order valence-electron chi connectivity index (χ2n) is 4.80. The minimum absolute atomic E-state index is 0.250. The van der Waals surface area contributed by atoms with Gasteiger partial charge in [-0.1, -0.05) is 30.3 Å². The Labute approximate surface area is 123 Å². The maximum absolute atomic E-state index is 11.8. The predicted octanol–water partition coefficient (Wildman–Crippen LogP) is 1.29. The summed E-state index contributed by atoms with van der Waals surface area (Å²) in [5.41, 5.74) is 0.928. The van der Waals surface area contributed by atoms with Gasteiger partial charge in [-0.15, -0.1) is 0 Å². The molecule has 1 N–H and O–H groups in total. The van der Waals surface area contributed by atoms with Crippen molar-refractivity contribution in [2.45, 2.75) is 25.0 Å². The van der Waals surface area contributed by atoms with E-state index in [1.54, 1.807) is 0 Å². The number of esters is 1. The lowest BCUT2D eigenvalue weighted by Gasteiger charge is -2.18. The SMILES string of the molecule is COC(=O)[C@H](Cc1ccccc1)NC(=O)O[C@H]1CCOC1. The van der Waals surface area contributed by atoms with Gasteiger partial charge < -0.3 is 19.5 Å². The lowest BCUT2D eigenvalue weighted by atomic mass is 10.1. The van der Waals surface area contributed by atoms with Crippen molar-refractivity contribution in [1.82, 2.24) is 5.32 Å². The molecule has 1 fully saturated rings. The Kier molecular flexibility index (Phi) is 5.57. The van der Waals surface area contributed by atoms with Crippen LogP contribution in [0.25, 0.3) is 0 Å². The Morgan fingerprint density at radius 1 is 1.38 bits per heavy atom. The van der Waals surface area contributed by atoms with Gasteiger partial charge in [0.15, 0.2) is 0 Å². The molecule has 1 aliphatic heterocycles. The van der Waals surface area contributed by atoms with Gasteiger partial charge in [-0.3, -0.25) is 0 Å². The highest BCUT2D eigenvalue weighted by Gasteiger charge is 2.25. The van der Waals surface area contributed by atoms with Gasteiger partial charge in [0.25, 0.3) is 0 Å². The molecule has 0 spiro atoms. The van der Waals surface area contributed by atoms with Crippen molar-refractivity contribution in [3.63, 3.8) is 0 Å². The van der Waals surface area contributed by atoms with E-state index >= 15 is 0 Å². The zero-order valence-corrected chi connectivity index (χ0v) is 11.9. The summed E-state index contributed by atoms with van der Waals surface area (Å²) in [5, 5.41) is 2.55. The van der Waals surface area contributed by atoms with Gasteiger partial charge in [-0.25, -0.2) is 9.59 Å². The molecular formula is C15H19NO5. The van der Waals surface area contributed by atoms with Crippen LogP contribution >= 0.6 is 0 Å². The number of hydrogen-bond donors (Lipinski definition) is 1. The van der Waals surface area contributed by atoms with Gasteiger partial charge in [-0.05, 0) is 5.56 Å². The van der Waals surface area contributed by atoms with Gasteiger partial charge in [0, 0.05) is 12.8 Å². The van der Waals surface area contributed by atoms with Crippen molar-refractivity contribution in [1.29, 1.82) is 0 Å². The van der Waals surface area contributed by atoms with Gasteiger partial charge in [-0.2, -0.15) is 0 Å².